The maximum absolute atomic E-state index is 10.7. The van der Waals surface area contributed by atoms with Gasteiger partial charge in [-0.05, 0) is 12.5 Å². The van der Waals surface area contributed by atoms with E-state index in [1.54, 1.807) is 6.07 Å². The molecule has 0 radical (unpaired) electrons. The van der Waals surface area contributed by atoms with E-state index in [4.69, 9.17) is 0 Å². The fourth-order valence-corrected chi connectivity index (χ4v) is 0.723. The highest BCUT2D eigenvalue weighted by Crippen LogP contribution is 1.99. The summed E-state index contributed by atoms with van der Waals surface area (Å²) in [5.41, 5.74) is 1.53. The van der Waals surface area contributed by atoms with Crippen LogP contribution < -0.4 is 0 Å². The van der Waals surface area contributed by atoms with E-state index in [0.29, 0.717) is 5.69 Å². The summed E-state index contributed by atoms with van der Waals surface area (Å²) in [7, 11) is 0. The van der Waals surface area contributed by atoms with E-state index < -0.39 is 0 Å². The molecule has 0 amide bonds. The van der Waals surface area contributed by atoms with E-state index in [9.17, 15) is 4.79 Å². The Bertz CT molecular complexity index is 240. The largest absolute Gasteiger partial charge is 0.293 e. The number of ketones is 1. The van der Waals surface area contributed by atoms with E-state index in [0.717, 1.165) is 12.1 Å². The van der Waals surface area contributed by atoms with Crippen molar-refractivity contribution in [2.75, 3.05) is 0 Å². The Morgan fingerprint density at radius 3 is 2.42 bits per heavy atom. The number of aryl methyl sites for hydroxylation is 1. The molecular weight excluding hydrogens is 152 g/mol. The van der Waals surface area contributed by atoms with Gasteiger partial charge in [0.1, 0.15) is 5.69 Å². The smallest absolute Gasteiger partial charge is 0.179 e. The Kier molecular flexibility index (Phi) is 5.00. The molecule has 0 unspecified atom stereocenters. The summed E-state index contributed by atoms with van der Waals surface area (Å²) in [5, 5.41) is 6.58. The number of H-pyrrole nitrogens is 1. The third-order valence-corrected chi connectivity index (χ3v) is 1.37. The van der Waals surface area contributed by atoms with Crippen molar-refractivity contribution >= 4 is 5.78 Å². The van der Waals surface area contributed by atoms with Crippen molar-refractivity contribution in [1.29, 1.82) is 0 Å². The lowest BCUT2D eigenvalue weighted by Gasteiger charge is -1.81. The number of hydrogen-bond donors (Lipinski definition) is 1. The van der Waals surface area contributed by atoms with Crippen LogP contribution >= 0.6 is 0 Å². The van der Waals surface area contributed by atoms with E-state index in [-0.39, 0.29) is 5.78 Å². The predicted molar refractivity (Wildman–Crippen MR) is 49.3 cm³/mol. The van der Waals surface area contributed by atoms with Gasteiger partial charge in [0.05, 0.1) is 0 Å². The summed E-state index contributed by atoms with van der Waals surface area (Å²) in [4.78, 5) is 10.7. The first-order valence-electron chi connectivity index (χ1n) is 4.29. The van der Waals surface area contributed by atoms with Crippen LogP contribution in [0.15, 0.2) is 6.07 Å². The second-order valence-electron chi connectivity index (χ2n) is 2.19. The van der Waals surface area contributed by atoms with E-state index in [2.05, 4.69) is 10.2 Å². The van der Waals surface area contributed by atoms with Gasteiger partial charge in [0, 0.05) is 12.6 Å². The molecule has 0 spiro atoms. The molecule has 1 rings (SSSR count). The fraction of sp³-hybridized carbons (Fsp3) is 0.556. The van der Waals surface area contributed by atoms with Crippen LogP contribution in [0.3, 0.4) is 0 Å². The standard InChI is InChI=1S/C7H10N2O.C2H6/c1-3-6-4-7(5(2)10)9-8-6;1-2/h4H,3H2,1-2H3,(H,8,9);1-2H3. The molecule has 0 aliphatic heterocycles. The maximum atomic E-state index is 10.7. The molecule has 0 aliphatic carbocycles. The lowest BCUT2D eigenvalue weighted by molar-refractivity contribution is 0.101. The van der Waals surface area contributed by atoms with Gasteiger partial charge in [0.2, 0.25) is 0 Å². The van der Waals surface area contributed by atoms with E-state index in [1.165, 1.54) is 6.92 Å². The Hall–Kier alpha value is -1.12. The van der Waals surface area contributed by atoms with Crippen LogP contribution in [0.5, 0.6) is 0 Å². The summed E-state index contributed by atoms with van der Waals surface area (Å²) in [6, 6.07) is 1.78. The highest BCUT2D eigenvalue weighted by molar-refractivity contribution is 5.92. The quantitative estimate of drug-likeness (QED) is 0.688. The van der Waals surface area contributed by atoms with Gasteiger partial charge in [0.15, 0.2) is 5.78 Å². The van der Waals surface area contributed by atoms with Crippen molar-refractivity contribution in [2.24, 2.45) is 0 Å². The summed E-state index contributed by atoms with van der Waals surface area (Å²) in [6.07, 6.45) is 0.889. The maximum Gasteiger partial charge on any atom is 0.179 e. The first-order chi connectivity index (χ1) is 5.74. The number of aromatic amines is 1. The monoisotopic (exact) mass is 168 g/mol. The molecule has 0 saturated heterocycles. The lowest BCUT2D eigenvalue weighted by Crippen LogP contribution is -1.90. The number of rotatable bonds is 2. The molecule has 0 aromatic carbocycles. The van der Waals surface area contributed by atoms with Crippen LogP contribution in [-0.4, -0.2) is 16.0 Å². The van der Waals surface area contributed by atoms with Gasteiger partial charge in [-0.3, -0.25) is 9.89 Å². The Labute approximate surface area is 73.2 Å². The van der Waals surface area contributed by atoms with Crippen molar-refractivity contribution in [2.45, 2.75) is 34.1 Å². The molecular formula is C9H16N2O. The topological polar surface area (TPSA) is 45.8 Å². The summed E-state index contributed by atoms with van der Waals surface area (Å²) < 4.78 is 0. The van der Waals surface area contributed by atoms with Crippen molar-refractivity contribution in [3.63, 3.8) is 0 Å². The van der Waals surface area contributed by atoms with E-state index in [1.807, 2.05) is 20.8 Å². The summed E-state index contributed by atoms with van der Waals surface area (Å²) in [5.74, 6) is 0.0101. The minimum atomic E-state index is 0.0101. The zero-order valence-corrected chi connectivity index (χ0v) is 8.14. The summed E-state index contributed by atoms with van der Waals surface area (Å²) >= 11 is 0. The molecule has 0 fully saturated rings. The van der Waals surface area contributed by atoms with E-state index >= 15 is 0 Å². The Morgan fingerprint density at radius 1 is 1.58 bits per heavy atom. The fourth-order valence-electron chi connectivity index (χ4n) is 0.723. The third kappa shape index (κ3) is 2.86. The highest BCUT2D eigenvalue weighted by atomic mass is 16.1. The second kappa shape index (κ2) is 5.52. The molecule has 1 N–H and O–H groups in total. The number of Topliss-reactive ketones (excluding diaryl/α,β-unsaturated/α-hetero) is 1. The van der Waals surface area contributed by atoms with Crippen LogP contribution in [0.25, 0.3) is 0 Å². The number of hydrogen-bond acceptors (Lipinski definition) is 2. The molecule has 3 nitrogen and oxygen atoms in total. The SMILES string of the molecule is CC.CCc1cc(C(C)=O)n[nH]1. The summed E-state index contributed by atoms with van der Waals surface area (Å²) in [6.45, 7) is 7.52. The van der Waals surface area contributed by atoms with Crippen molar-refractivity contribution in [3.8, 4) is 0 Å². The van der Waals surface area contributed by atoms with Gasteiger partial charge >= 0.3 is 0 Å². The molecule has 0 atom stereocenters. The van der Waals surface area contributed by atoms with Gasteiger partial charge in [-0.2, -0.15) is 5.10 Å². The Balaban J connectivity index is 0.000000561. The zero-order valence-electron chi connectivity index (χ0n) is 8.14. The molecule has 0 saturated carbocycles. The number of aromatic nitrogens is 2. The molecule has 3 heteroatoms. The van der Waals surface area contributed by atoms with Crippen LogP contribution in [0.1, 0.15) is 43.9 Å². The highest BCUT2D eigenvalue weighted by Gasteiger charge is 2.02. The minimum absolute atomic E-state index is 0.0101. The van der Waals surface area contributed by atoms with Gasteiger partial charge in [-0.1, -0.05) is 20.8 Å². The average molecular weight is 168 g/mol. The first kappa shape index (κ1) is 10.9. The van der Waals surface area contributed by atoms with Crippen molar-refractivity contribution < 1.29 is 4.79 Å². The first-order valence-corrected chi connectivity index (χ1v) is 4.29. The van der Waals surface area contributed by atoms with Crippen LogP contribution in [0.4, 0.5) is 0 Å². The molecule has 1 aromatic rings. The number of carbonyl (C=O) groups is 1. The zero-order chi connectivity index (χ0) is 9.56. The van der Waals surface area contributed by atoms with Crippen LogP contribution in [0, 0.1) is 0 Å². The van der Waals surface area contributed by atoms with Crippen LogP contribution in [0.2, 0.25) is 0 Å². The molecule has 0 aliphatic rings. The van der Waals surface area contributed by atoms with Crippen molar-refractivity contribution in [1.82, 2.24) is 10.2 Å². The van der Waals surface area contributed by atoms with Gasteiger partial charge in [-0.25, -0.2) is 0 Å². The molecule has 1 aromatic heterocycles. The molecule has 68 valence electrons. The van der Waals surface area contributed by atoms with Gasteiger partial charge in [-0.15, -0.1) is 0 Å². The predicted octanol–water partition coefficient (Wildman–Crippen LogP) is 2.20. The minimum Gasteiger partial charge on any atom is -0.293 e. The Morgan fingerprint density at radius 2 is 2.17 bits per heavy atom. The number of nitrogens with zero attached hydrogens (tertiary/aromatic N) is 1. The molecule has 0 bridgehead atoms. The van der Waals surface area contributed by atoms with Gasteiger partial charge in [0.25, 0.3) is 0 Å². The second-order valence-corrected chi connectivity index (χ2v) is 2.19. The normalized spacial score (nSPS) is 8.67. The third-order valence-electron chi connectivity index (χ3n) is 1.37. The average Bonchev–Trinajstić information content (AvgIpc) is 2.55. The lowest BCUT2D eigenvalue weighted by atomic mass is 10.2. The number of nitrogens with one attached hydrogen (secondary N) is 1. The van der Waals surface area contributed by atoms with Gasteiger partial charge < -0.3 is 0 Å². The van der Waals surface area contributed by atoms with Crippen LogP contribution in [-0.2, 0) is 6.42 Å². The number of carbonyl (C=O) groups excluding carboxylic acids is 1. The molecule has 12 heavy (non-hydrogen) atoms. The van der Waals surface area contributed by atoms with Crippen molar-refractivity contribution in [3.05, 3.63) is 17.5 Å². The molecule has 1 heterocycles.